The van der Waals surface area contributed by atoms with E-state index in [1.807, 2.05) is 30.6 Å². The van der Waals surface area contributed by atoms with E-state index in [9.17, 15) is 14.3 Å². The summed E-state index contributed by atoms with van der Waals surface area (Å²) in [5, 5.41) is 10.4. The lowest BCUT2D eigenvalue weighted by atomic mass is 9.47. The standard InChI is InChI=1S/C24H31NO.C21H21FN6O/c1-23-11-9-18(26)14-17(23)5-6-19-21-8-7-20(16-4-3-13-25-15-16)24(21,2)12-10-22(19)23;1-27-7-9-28(10-8-27)12-5-6-14-16(11-12)25-20(24-14)18-19(23)17-13(22)3-2-4-15(17)26-21(18)29/h3-5,7,13,15,18-19,21-22,26H,6,8-12,14H2,1-2H3;2-6,11H,7-10H2,1H3,(H,24,25)(H3,23,26,29)/t18-,19-,21-,22-,23-,24+;/m0./s1. The van der Waals surface area contributed by atoms with Crippen LogP contribution in [0.25, 0.3) is 38.9 Å². The number of imidazole rings is 1. The van der Waals surface area contributed by atoms with Crippen molar-refractivity contribution in [3.8, 4) is 11.4 Å². The lowest BCUT2D eigenvalue weighted by Gasteiger charge is -2.57. The molecule has 5 N–H and O–H groups in total. The number of allylic oxidation sites excluding steroid dienone is 3. The quantitative estimate of drug-likeness (QED) is 0.138. The Morgan fingerprint density at radius 2 is 1.75 bits per heavy atom. The molecule has 0 bridgehead atoms. The van der Waals surface area contributed by atoms with Gasteiger partial charge in [-0.2, -0.15) is 0 Å². The molecule has 55 heavy (non-hydrogen) atoms. The number of benzene rings is 2. The average Bonchev–Trinajstić information content (AvgIpc) is 3.76. The number of aliphatic hydroxyl groups is 1. The molecule has 3 aromatic heterocycles. The molecule has 4 heterocycles. The van der Waals surface area contributed by atoms with Crippen LogP contribution in [0.15, 0.2) is 83.4 Å². The molecular weight excluding hydrogens is 690 g/mol. The maximum atomic E-state index is 14.3. The highest BCUT2D eigenvalue weighted by molar-refractivity contribution is 5.98. The second-order valence-corrected chi connectivity index (χ2v) is 17.2. The predicted octanol–water partition coefficient (Wildman–Crippen LogP) is 7.94. The highest BCUT2D eigenvalue weighted by atomic mass is 19.1. The first-order chi connectivity index (χ1) is 26.5. The van der Waals surface area contributed by atoms with E-state index in [1.165, 1.54) is 49.8 Å². The van der Waals surface area contributed by atoms with Crippen LogP contribution in [0.4, 0.5) is 15.8 Å². The molecule has 0 amide bonds. The number of hydrogen-bond donors (Lipinski definition) is 4. The number of piperazine rings is 1. The number of rotatable bonds is 3. The number of aromatic nitrogens is 4. The van der Waals surface area contributed by atoms with Gasteiger partial charge in [0.15, 0.2) is 0 Å². The second kappa shape index (κ2) is 13.7. The number of nitrogen functional groups attached to an aromatic ring is 1. The molecule has 2 saturated carbocycles. The van der Waals surface area contributed by atoms with Gasteiger partial charge in [-0.3, -0.25) is 9.78 Å². The zero-order valence-electron chi connectivity index (χ0n) is 32.1. The summed E-state index contributed by atoms with van der Waals surface area (Å²) in [6, 6.07) is 14.8. The fourth-order valence-corrected chi connectivity index (χ4v) is 11.1. The van der Waals surface area contributed by atoms with Gasteiger partial charge in [0, 0.05) is 44.3 Å². The summed E-state index contributed by atoms with van der Waals surface area (Å²) >= 11 is 0. The van der Waals surface area contributed by atoms with Crippen molar-refractivity contribution in [2.45, 2.75) is 64.9 Å². The summed E-state index contributed by atoms with van der Waals surface area (Å²) in [6.45, 7) is 8.97. The lowest BCUT2D eigenvalue weighted by molar-refractivity contribution is -0.0238. The summed E-state index contributed by atoms with van der Waals surface area (Å²) in [6.07, 6.45) is 17.0. The molecule has 4 aliphatic carbocycles. The second-order valence-electron chi connectivity index (χ2n) is 17.2. The zero-order valence-corrected chi connectivity index (χ0v) is 32.1. The Morgan fingerprint density at radius 1 is 0.927 bits per heavy atom. The summed E-state index contributed by atoms with van der Waals surface area (Å²) < 4.78 is 14.3. The van der Waals surface area contributed by atoms with Gasteiger partial charge < -0.3 is 30.6 Å². The topological polar surface area (TPSA) is 127 Å². The molecule has 0 unspecified atom stereocenters. The number of nitrogens with two attached hydrogens (primary N) is 1. The van der Waals surface area contributed by atoms with Crippen LogP contribution in [0.1, 0.15) is 64.4 Å². The Kier molecular flexibility index (Phi) is 8.96. The summed E-state index contributed by atoms with van der Waals surface area (Å²) in [7, 11) is 2.12. The van der Waals surface area contributed by atoms with E-state index in [0.717, 1.165) is 73.5 Å². The molecule has 2 aromatic carbocycles. The Balaban J connectivity index is 0.000000145. The number of anilines is 2. The highest BCUT2D eigenvalue weighted by Gasteiger charge is 2.56. The van der Waals surface area contributed by atoms with Crippen LogP contribution in [0.3, 0.4) is 0 Å². The van der Waals surface area contributed by atoms with Crippen molar-refractivity contribution >= 4 is 38.9 Å². The minimum atomic E-state index is -0.481. The summed E-state index contributed by atoms with van der Waals surface area (Å²) in [5.41, 5.74) is 14.1. The average molecular weight is 742 g/mol. The molecule has 0 spiro atoms. The van der Waals surface area contributed by atoms with Crippen LogP contribution >= 0.6 is 0 Å². The van der Waals surface area contributed by atoms with Crippen molar-refractivity contribution in [1.29, 1.82) is 0 Å². The number of likely N-dealkylation sites (N-methyl/N-ethyl adjacent to an activating group) is 1. The SMILES string of the molecule is CN1CCN(c2ccc3nc(-c4c(N)c5c(F)cccc5[nH]c4=O)[nH]c3c2)CC1.C[C@]12CC[C@H](O)CC1=CC[C@@H]1[C@@H]2CC[C@]2(C)C(c3cccnc3)=CC[C@@H]12. The highest BCUT2D eigenvalue weighted by Crippen LogP contribution is 2.66. The normalized spacial score (nSPS) is 29.1. The number of pyridine rings is 2. The molecule has 10 heteroatoms. The van der Waals surface area contributed by atoms with Gasteiger partial charge in [0.2, 0.25) is 0 Å². The van der Waals surface area contributed by atoms with E-state index in [2.05, 4.69) is 74.9 Å². The first-order valence-electron chi connectivity index (χ1n) is 20.1. The number of H-pyrrole nitrogens is 2. The van der Waals surface area contributed by atoms with Crippen molar-refractivity contribution in [2.75, 3.05) is 43.9 Å². The van der Waals surface area contributed by atoms with Crippen molar-refractivity contribution in [3.05, 3.63) is 100 Å². The van der Waals surface area contributed by atoms with Crippen LogP contribution < -0.4 is 16.2 Å². The molecular formula is C45H52FN7O2. The Morgan fingerprint density at radius 3 is 2.55 bits per heavy atom. The van der Waals surface area contributed by atoms with Gasteiger partial charge in [-0.1, -0.05) is 43.7 Å². The zero-order chi connectivity index (χ0) is 38.1. The number of aliphatic hydroxyl groups excluding tert-OH is 1. The molecule has 3 fully saturated rings. The van der Waals surface area contributed by atoms with Gasteiger partial charge in [0.05, 0.1) is 33.7 Å². The van der Waals surface area contributed by atoms with E-state index in [1.54, 1.807) is 17.2 Å². The molecule has 9 nitrogen and oxygen atoms in total. The van der Waals surface area contributed by atoms with Gasteiger partial charge in [0.25, 0.3) is 5.56 Å². The monoisotopic (exact) mass is 741 g/mol. The molecule has 5 aromatic rings. The molecule has 10 rings (SSSR count). The molecule has 1 aliphatic heterocycles. The van der Waals surface area contributed by atoms with E-state index in [0.29, 0.717) is 22.2 Å². The summed E-state index contributed by atoms with van der Waals surface area (Å²) in [4.78, 5) is 32.1. The molecule has 6 atom stereocenters. The lowest BCUT2D eigenvalue weighted by Crippen LogP contribution is -2.49. The third-order valence-electron chi connectivity index (χ3n) is 14.2. The molecule has 286 valence electrons. The Hall–Kier alpha value is -4.80. The largest absolute Gasteiger partial charge is 0.397 e. The van der Waals surface area contributed by atoms with Gasteiger partial charge in [-0.05, 0) is 128 Å². The minimum absolute atomic E-state index is 0.0835. The van der Waals surface area contributed by atoms with E-state index < -0.39 is 11.4 Å². The van der Waals surface area contributed by atoms with Crippen LogP contribution in [0.5, 0.6) is 0 Å². The van der Waals surface area contributed by atoms with Crippen LogP contribution in [-0.2, 0) is 0 Å². The minimum Gasteiger partial charge on any atom is -0.397 e. The van der Waals surface area contributed by atoms with Gasteiger partial charge in [0.1, 0.15) is 17.2 Å². The van der Waals surface area contributed by atoms with Gasteiger partial charge in [-0.25, -0.2) is 9.37 Å². The third kappa shape index (κ3) is 6.09. The van der Waals surface area contributed by atoms with Crippen molar-refractivity contribution in [1.82, 2.24) is 24.8 Å². The first kappa shape index (κ1) is 35.9. The number of fused-ring (bicyclic) bond motifs is 7. The fourth-order valence-electron chi connectivity index (χ4n) is 11.1. The molecule has 5 aliphatic rings. The number of nitrogens with zero attached hydrogens (tertiary/aromatic N) is 4. The van der Waals surface area contributed by atoms with Crippen LogP contribution in [0.2, 0.25) is 0 Å². The Labute approximate surface area is 321 Å². The first-order valence-corrected chi connectivity index (χ1v) is 20.1. The van der Waals surface area contributed by atoms with Crippen molar-refractivity contribution < 1.29 is 9.50 Å². The number of nitrogens with one attached hydrogen (secondary N) is 2. The number of halogens is 1. The van der Waals surface area contributed by atoms with E-state index in [4.69, 9.17) is 5.73 Å². The molecule has 0 radical (unpaired) electrons. The van der Waals surface area contributed by atoms with E-state index >= 15 is 0 Å². The predicted molar refractivity (Wildman–Crippen MR) is 219 cm³/mol. The van der Waals surface area contributed by atoms with Crippen LogP contribution in [0, 0.1) is 34.4 Å². The fraction of sp³-hybridized carbons (Fsp3) is 0.444. The number of hydrogen-bond acceptors (Lipinski definition) is 7. The smallest absolute Gasteiger partial charge is 0.261 e. The van der Waals surface area contributed by atoms with E-state index in [-0.39, 0.29) is 22.7 Å². The van der Waals surface area contributed by atoms with Gasteiger partial charge in [-0.15, -0.1) is 0 Å². The maximum absolute atomic E-state index is 14.3. The Bertz CT molecular complexity index is 2380. The third-order valence-corrected chi connectivity index (χ3v) is 14.2. The maximum Gasteiger partial charge on any atom is 0.261 e. The van der Waals surface area contributed by atoms with Crippen molar-refractivity contribution in [2.24, 2.45) is 28.6 Å². The van der Waals surface area contributed by atoms with Crippen LogP contribution in [-0.4, -0.2) is 69.3 Å². The van der Waals surface area contributed by atoms with Crippen molar-refractivity contribution in [3.63, 3.8) is 0 Å². The summed E-state index contributed by atoms with van der Waals surface area (Å²) in [5.74, 6) is 2.21. The van der Waals surface area contributed by atoms with Gasteiger partial charge >= 0.3 is 0 Å². The molecule has 1 saturated heterocycles. The number of aromatic amines is 2.